The van der Waals surface area contributed by atoms with Crippen molar-refractivity contribution in [2.75, 3.05) is 18.4 Å². The van der Waals surface area contributed by atoms with Gasteiger partial charge >= 0.3 is 18.1 Å². The molecular weight excluding hydrogens is 360 g/mol. The van der Waals surface area contributed by atoms with Gasteiger partial charge in [-0.05, 0) is 18.6 Å². The molecule has 1 unspecified atom stereocenters. The van der Waals surface area contributed by atoms with Crippen molar-refractivity contribution >= 4 is 40.8 Å². The van der Waals surface area contributed by atoms with Gasteiger partial charge in [-0.1, -0.05) is 23.2 Å². The number of halogens is 5. The minimum Gasteiger partial charge on any atom is -0.344 e. The summed E-state index contributed by atoms with van der Waals surface area (Å²) in [6.07, 6.45) is -4.71. The lowest BCUT2D eigenvalue weighted by molar-refractivity contribution is -0.174. The van der Waals surface area contributed by atoms with Gasteiger partial charge in [0.05, 0.1) is 0 Å². The van der Waals surface area contributed by atoms with Crippen LogP contribution in [-0.2, 0) is 4.79 Å². The Morgan fingerprint density at radius 2 is 1.87 bits per heavy atom. The fourth-order valence-electron chi connectivity index (χ4n) is 2.07. The molecule has 2 heterocycles. The maximum atomic E-state index is 12.2. The van der Waals surface area contributed by atoms with Crippen LogP contribution >= 0.6 is 23.2 Å². The van der Waals surface area contributed by atoms with Crippen LogP contribution in [0.25, 0.3) is 0 Å². The smallest absolute Gasteiger partial charge is 0.344 e. The quantitative estimate of drug-likeness (QED) is 0.786. The second kappa shape index (κ2) is 6.79. The molecule has 2 N–H and O–H groups in total. The largest absolute Gasteiger partial charge is 0.471 e. The third-order valence-corrected chi connectivity index (χ3v) is 3.47. The minimum atomic E-state index is -4.94. The van der Waals surface area contributed by atoms with E-state index in [0.717, 1.165) is 0 Å². The average molecular weight is 371 g/mol. The van der Waals surface area contributed by atoms with Crippen molar-refractivity contribution in [3.05, 3.63) is 22.4 Å². The number of amides is 3. The van der Waals surface area contributed by atoms with Gasteiger partial charge in [0.25, 0.3) is 0 Å². The second-order valence-electron chi connectivity index (χ2n) is 4.83. The Bertz CT molecular complexity index is 607. The molecule has 0 aliphatic carbocycles. The second-order valence-corrected chi connectivity index (χ2v) is 5.61. The molecule has 1 saturated heterocycles. The van der Waals surface area contributed by atoms with Crippen molar-refractivity contribution in [3.63, 3.8) is 0 Å². The maximum Gasteiger partial charge on any atom is 0.471 e. The van der Waals surface area contributed by atoms with Gasteiger partial charge in [-0.3, -0.25) is 4.79 Å². The number of alkyl halides is 3. The number of hydrogen-bond acceptors (Lipinski definition) is 3. The number of nitrogens with zero attached hydrogens (tertiary/aromatic N) is 2. The van der Waals surface area contributed by atoms with Crippen molar-refractivity contribution in [1.29, 1.82) is 0 Å². The van der Waals surface area contributed by atoms with Crippen molar-refractivity contribution in [3.8, 4) is 0 Å². The van der Waals surface area contributed by atoms with Gasteiger partial charge in [-0.15, -0.1) is 0 Å². The van der Waals surface area contributed by atoms with E-state index in [2.05, 4.69) is 10.3 Å². The molecule has 1 fully saturated rings. The van der Waals surface area contributed by atoms with Crippen molar-refractivity contribution in [2.24, 2.45) is 0 Å². The summed E-state index contributed by atoms with van der Waals surface area (Å²) >= 11 is 11.4. The number of carbonyl (C=O) groups excluding carboxylic acids is 2. The van der Waals surface area contributed by atoms with E-state index < -0.39 is 24.2 Å². The highest BCUT2D eigenvalue weighted by Crippen LogP contribution is 2.20. The van der Waals surface area contributed by atoms with Crippen molar-refractivity contribution in [1.82, 2.24) is 15.2 Å². The first-order valence-corrected chi connectivity index (χ1v) is 7.17. The highest BCUT2D eigenvalue weighted by molar-refractivity contribution is 6.32. The molecular formula is C12H11Cl2F3N4O2. The number of nitrogens with one attached hydrogen (secondary N) is 2. The zero-order chi connectivity index (χ0) is 17.2. The summed E-state index contributed by atoms with van der Waals surface area (Å²) in [5, 5.41) is 4.54. The molecule has 1 atom stereocenters. The normalized spacial score (nSPS) is 18.0. The van der Waals surface area contributed by atoms with Gasteiger partial charge in [0.2, 0.25) is 0 Å². The molecule has 0 radical (unpaired) electrons. The Kier molecular flexibility index (Phi) is 5.20. The van der Waals surface area contributed by atoms with Crippen molar-refractivity contribution in [2.45, 2.75) is 18.6 Å². The standard InChI is InChI=1S/C12H11Cl2F3N4O2/c13-8-3-7(4-9(14)20-8)19-11(23)21-2-1-6(5-21)18-10(22)12(15,16)17/h3-4,6H,1-2,5H2,(H,18,22)(H,19,20,23). The summed E-state index contributed by atoms with van der Waals surface area (Å²) in [6.45, 7) is 0.182. The molecule has 1 aromatic rings. The summed E-state index contributed by atoms with van der Waals surface area (Å²) in [4.78, 5) is 27.9. The maximum absolute atomic E-state index is 12.2. The van der Waals surface area contributed by atoms with Gasteiger partial charge in [0.15, 0.2) is 0 Å². The molecule has 2 rings (SSSR count). The van der Waals surface area contributed by atoms with Crippen LogP contribution < -0.4 is 10.6 Å². The molecule has 1 aliphatic rings. The van der Waals surface area contributed by atoms with Crippen molar-refractivity contribution < 1.29 is 22.8 Å². The fourth-order valence-corrected chi connectivity index (χ4v) is 2.53. The number of urea groups is 1. The SMILES string of the molecule is O=C(Nc1cc(Cl)nc(Cl)c1)N1CCC(NC(=O)C(F)(F)F)C1. The van der Waals surface area contributed by atoms with Gasteiger partial charge in [0, 0.05) is 24.8 Å². The number of carbonyl (C=O) groups is 2. The number of hydrogen-bond donors (Lipinski definition) is 2. The van der Waals surface area contributed by atoms with Crippen LogP contribution in [0.15, 0.2) is 12.1 Å². The van der Waals surface area contributed by atoms with Gasteiger partial charge in [-0.2, -0.15) is 13.2 Å². The van der Waals surface area contributed by atoms with Crippen LogP contribution in [0.1, 0.15) is 6.42 Å². The molecule has 1 aromatic heterocycles. The van der Waals surface area contributed by atoms with Gasteiger partial charge < -0.3 is 15.5 Å². The van der Waals surface area contributed by atoms with E-state index in [1.807, 2.05) is 5.32 Å². The molecule has 3 amide bonds. The summed E-state index contributed by atoms with van der Waals surface area (Å²) in [6, 6.07) is 1.47. The Morgan fingerprint density at radius 1 is 1.26 bits per heavy atom. The molecule has 1 aliphatic heterocycles. The van der Waals surface area contributed by atoms with Crippen LogP contribution in [0.2, 0.25) is 10.3 Å². The molecule has 0 aromatic carbocycles. The first-order valence-electron chi connectivity index (χ1n) is 6.42. The van der Waals surface area contributed by atoms with E-state index in [4.69, 9.17) is 23.2 Å². The predicted molar refractivity (Wildman–Crippen MR) is 77.5 cm³/mol. The lowest BCUT2D eigenvalue weighted by Crippen LogP contribution is -2.45. The summed E-state index contributed by atoms with van der Waals surface area (Å²) in [7, 11) is 0. The number of anilines is 1. The van der Waals surface area contributed by atoms with E-state index in [1.54, 1.807) is 0 Å². The lowest BCUT2D eigenvalue weighted by Gasteiger charge is -2.18. The highest BCUT2D eigenvalue weighted by Gasteiger charge is 2.41. The average Bonchev–Trinajstić information content (AvgIpc) is 2.84. The fraction of sp³-hybridized carbons (Fsp3) is 0.417. The molecule has 126 valence electrons. The lowest BCUT2D eigenvalue weighted by atomic mass is 10.2. The van der Waals surface area contributed by atoms with Crippen LogP contribution in [0.3, 0.4) is 0 Å². The van der Waals surface area contributed by atoms with Crippen LogP contribution in [0, 0.1) is 0 Å². The minimum absolute atomic E-state index is 0.0276. The molecule has 0 saturated carbocycles. The van der Waals surface area contributed by atoms with Gasteiger partial charge in [0.1, 0.15) is 10.3 Å². The Labute approximate surface area is 138 Å². The van der Waals surface area contributed by atoms with Gasteiger partial charge in [-0.25, -0.2) is 9.78 Å². The third-order valence-electron chi connectivity index (χ3n) is 3.08. The van der Waals surface area contributed by atoms with E-state index in [-0.39, 0.29) is 29.8 Å². The number of rotatable bonds is 2. The zero-order valence-electron chi connectivity index (χ0n) is 11.5. The Hall–Kier alpha value is -1.74. The zero-order valence-corrected chi connectivity index (χ0v) is 13.0. The van der Waals surface area contributed by atoms with Crippen LogP contribution in [0.5, 0.6) is 0 Å². The van der Waals surface area contributed by atoms with E-state index >= 15 is 0 Å². The Morgan fingerprint density at radius 3 is 2.43 bits per heavy atom. The molecule has 0 bridgehead atoms. The van der Waals surface area contributed by atoms with Crippen LogP contribution in [0.4, 0.5) is 23.7 Å². The first-order chi connectivity index (χ1) is 10.6. The monoisotopic (exact) mass is 370 g/mol. The molecule has 11 heteroatoms. The number of pyridine rings is 1. The summed E-state index contributed by atoms with van der Waals surface area (Å²) in [5.74, 6) is -2.02. The van der Waals surface area contributed by atoms with Crippen LogP contribution in [-0.4, -0.2) is 47.1 Å². The van der Waals surface area contributed by atoms with E-state index in [0.29, 0.717) is 5.69 Å². The molecule has 23 heavy (non-hydrogen) atoms. The number of likely N-dealkylation sites (tertiary alicyclic amines) is 1. The topological polar surface area (TPSA) is 74.3 Å². The highest BCUT2D eigenvalue weighted by atomic mass is 35.5. The Balaban J connectivity index is 1.91. The molecule has 6 nitrogen and oxygen atoms in total. The van der Waals surface area contributed by atoms with E-state index in [1.165, 1.54) is 17.0 Å². The summed E-state index contributed by atoms with van der Waals surface area (Å²) < 4.78 is 36.6. The summed E-state index contributed by atoms with van der Waals surface area (Å²) in [5.41, 5.74) is 0.308. The number of aromatic nitrogens is 1. The molecule has 0 spiro atoms. The predicted octanol–water partition coefficient (Wildman–Crippen LogP) is 2.67. The third kappa shape index (κ3) is 4.87. The van der Waals surface area contributed by atoms with E-state index in [9.17, 15) is 22.8 Å². The first kappa shape index (κ1) is 17.6.